The first kappa shape index (κ1) is 15.6. The molecule has 2 rings (SSSR count). The van der Waals surface area contributed by atoms with E-state index in [-0.39, 0.29) is 11.0 Å². The molecule has 1 spiro atoms. The standard InChI is InChI=1S/C16H22O5/c1-15(2)5-7-16(8-6-15)12(14(18)20-4)9-11(10-21-16)13(17)19-3/h9-10H,5-8H2,1-4H3. The van der Waals surface area contributed by atoms with E-state index in [0.29, 0.717) is 5.57 Å². The van der Waals surface area contributed by atoms with Crippen molar-refractivity contribution in [1.29, 1.82) is 0 Å². The maximum atomic E-state index is 12.1. The predicted octanol–water partition coefficient (Wildman–Crippen LogP) is 2.51. The highest BCUT2D eigenvalue weighted by molar-refractivity contribution is 5.98. The van der Waals surface area contributed by atoms with E-state index in [1.54, 1.807) is 6.08 Å². The van der Waals surface area contributed by atoms with Gasteiger partial charge in [0.25, 0.3) is 0 Å². The Morgan fingerprint density at radius 3 is 2.14 bits per heavy atom. The second-order valence-corrected chi connectivity index (χ2v) is 6.39. The van der Waals surface area contributed by atoms with Crippen molar-refractivity contribution in [2.45, 2.75) is 45.1 Å². The van der Waals surface area contributed by atoms with Crippen LogP contribution in [0.25, 0.3) is 0 Å². The molecule has 0 aromatic heterocycles. The van der Waals surface area contributed by atoms with E-state index >= 15 is 0 Å². The number of methoxy groups -OCH3 is 2. The summed E-state index contributed by atoms with van der Waals surface area (Å²) in [5, 5.41) is 0. The fourth-order valence-corrected chi connectivity index (χ4v) is 2.86. The molecule has 0 bridgehead atoms. The number of rotatable bonds is 2. The average molecular weight is 294 g/mol. The summed E-state index contributed by atoms with van der Waals surface area (Å²) < 4.78 is 15.4. The van der Waals surface area contributed by atoms with E-state index in [4.69, 9.17) is 9.47 Å². The second kappa shape index (κ2) is 5.54. The van der Waals surface area contributed by atoms with Gasteiger partial charge < -0.3 is 14.2 Å². The molecule has 0 saturated heterocycles. The lowest BCUT2D eigenvalue weighted by molar-refractivity contribution is -0.140. The molecule has 0 unspecified atom stereocenters. The first-order valence-electron chi connectivity index (χ1n) is 7.10. The molecule has 0 amide bonds. The fraction of sp³-hybridized carbons (Fsp3) is 0.625. The van der Waals surface area contributed by atoms with Crippen molar-refractivity contribution < 1.29 is 23.8 Å². The molecular formula is C16H22O5. The van der Waals surface area contributed by atoms with E-state index in [0.717, 1.165) is 25.7 Å². The Morgan fingerprint density at radius 2 is 1.62 bits per heavy atom. The number of carbonyl (C=O) groups is 2. The monoisotopic (exact) mass is 294 g/mol. The summed E-state index contributed by atoms with van der Waals surface area (Å²) in [6.45, 7) is 4.42. The zero-order chi connectivity index (χ0) is 15.7. The summed E-state index contributed by atoms with van der Waals surface area (Å²) in [6.07, 6.45) is 6.29. The third kappa shape index (κ3) is 2.96. The van der Waals surface area contributed by atoms with Gasteiger partial charge in [0.2, 0.25) is 0 Å². The maximum absolute atomic E-state index is 12.1. The minimum atomic E-state index is -0.680. The van der Waals surface area contributed by atoms with Crippen LogP contribution < -0.4 is 0 Å². The van der Waals surface area contributed by atoms with Crippen LogP contribution in [-0.4, -0.2) is 31.8 Å². The molecule has 116 valence electrons. The van der Waals surface area contributed by atoms with Crippen LogP contribution >= 0.6 is 0 Å². The lowest BCUT2D eigenvalue weighted by Gasteiger charge is -2.44. The first-order chi connectivity index (χ1) is 9.83. The molecule has 1 heterocycles. The van der Waals surface area contributed by atoms with Crippen LogP contribution in [0.5, 0.6) is 0 Å². The van der Waals surface area contributed by atoms with E-state index in [1.165, 1.54) is 20.5 Å². The van der Waals surface area contributed by atoms with E-state index in [9.17, 15) is 9.59 Å². The second-order valence-electron chi connectivity index (χ2n) is 6.39. The fourth-order valence-electron chi connectivity index (χ4n) is 2.86. The van der Waals surface area contributed by atoms with Gasteiger partial charge >= 0.3 is 11.9 Å². The van der Waals surface area contributed by atoms with Gasteiger partial charge in [0.05, 0.1) is 31.6 Å². The van der Waals surface area contributed by atoms with Gasteiger partial charge in [-0.3, -0.25) is 0 Å². The van der Waals surface area contributed by atoms with Crippen LogP contribution in [0, 0.1) is 5.41 Å². The van der Waals surface area contributed by atoms with Crippen LogP contribution in [0.4, 0.5) is 0 Å². The minimum Gasteiger partial charge on any atom is -0.489 e. The van der Waals surface area contributed by atoms with Crippen molar-refractivity contribution in [3.8, 4) is 0 Å². The average Bonchev–Trinajstić information content (AvgIpc) is 2.49. The first-order valence-corrected chi connectivity index (χ1v) is 7.10. The highest BCUT2D eigenvalue weighted by Gasteiger charge is 2.47. The molecule has 0 atom stereocenters. The van der Waals surface area contributed by atoms with Gasteiger partial charge in [-0.05, 0) is 37.2 Å². The third-order valence-electron chi connectivity index (χ3n) is 4.44. The quantitative estimate of drug-likeness (QED) is 0.732. The number of carbonyl (C=O) groups excluding carboxylic acids is 2. The molecule has 0 N–H and O–H groups in total. The van der Waals surface area contributed by atoms with Gasteiger partial charge in [0, 0.05) is 0 Å². The van der Waals surface area contributed by atoms with Crippen LogP contribution in [0.15, 0.2) is 23.5 Å². The van der Waals surface area contributed by atoms with Gasteiger partial charge in [-0.25, -0.2) is 9.59 Å². The van der Waals surface area contributed by atoms with E-state index in [2.05, 4.69) is 18.6 Å². The van der Waals surface area contributed by atoms with Crippen molar-refractivity contribution in [2.24, 2.45) is 5.41 Å². The normalized spacial score (nSPS) is 22.7. The van der Waals surface area contributed by atoms with Crippen molar-refractivity contribution in [3.63, 3.8) is 0 Å². The maximum Gasteiger partial charge on any atom is 0.341 e. The van der Waals surface area contributed by atoms with Gasteiger partial charge in [-0.15, -0.1) is 0 Å². The van der Waals surface area contributed by atoms with Crippen molar-refractivity contribution in [3.05, 3.63) is 23.5 Å². The Bertz CT molecular complexity index is 503. The summed E-state index contributed by atoms with van der Waals surface area (Å²) >= 11 is 0. The molecule has 2 aliphatic rings. The topological polar surface area (TPSA) is 61.8 Å². The number of hydrogen-bond acceptors (Lipinski definition) is 5. The largest absolute Gasteiger partial charge is 0.489 e. The minimum absolute atomic E-state index is 0.230. The van der Waals surface area contributed by atoms with Gasteiger partial charge in [0.15, 0.2) is 0 Å². The van der Waals surface area contributed by atoms with Gasteiger partial charge in [0.1, 0.15) is 5.60 Å². The molecule has 5 heteroatoms. The van der Waals surface area contributed by atoms with E-state index in [1.807, 2.05) is 0 Å². The number of esters is 2. The molecular weight excluding hydrogens is 272 g/mol. The summed E-state index contributed by atoms with van der Waals surface area (Å²) in [5.41, 5.74) is 0.194. The molecule has 1 aliphatic heterocycles. The van der Waals surface area contributed by atoms with Crippen molar-refractivity contribution in [1.82, 2.24) is 0 Å². The van der Waals surface area contributed by atoms with Crippen LogP contribution in [-0.2, 0) is 23.8 Å². The Hall–Kier alpha value is -1.78. The van der Waals surface area contributed by atoms with Gasteiger partial charge in [-0.1, -0.05) is 13.8 Å². The highest BCUT2D eigenvalue weighted by atomic mass is 16.5. The van der Waals surface area contributed by atoms with Gasteiger partial charge in [-0.2, -0.15) is 0 Å². The summed E-state index contributed by atoms with van der Waals surface area (Å²) in [7, 11) is 2.63. The number of hydrogen-bond donors (Lipinski definition) is 0. The Balaban J connectivity index is 2.32. The summed E-state index contributed by atoms with van der Waals surface area (Å²) in [5.74, 6) is -0.980. The molecule has 1 aliphatic carbocycles. The molecule has 0 aromatic carbocycles. The molecule has 21 heavy (non-hydrogen) atoms. The summed E-state index contributed by atoms with van der Waals surface area (Å²) in [6, 6.07) is 0. The Kier molecular flexibility index (Phi) is 4.12. The van der Waals surface area contributed by atoms with Crippen LogP contribution in [0.2, 0.25) is 0 Å². The lowest BCUT2D eigenvalue weighted by Crippen LogP contribution is -2.44. The van der Waals surface area contributed by atoms with Crippen LogP contribution in [0.1, 0.15) is 39.5 Å². The van der Waals surface area contributed by atoms with Crippen LogP contribution in [0.3, 0.4) is 0 Å². The van der Waals surface area contributed by atoms with Crippen molar-refractivity contribution >= 4 is 11.9 Å². The summed E-state index contributed by atoms with van der Waals surface area (Å²) in [4.78, 5) is 23.7. The van der Waals surface area contributed by atoms with Crippen molar-refractivity contribution in [2.75, 3.05) is 14.2 Å². The molecule has 1 fully saturated rings. The Morgan fingerprint density at radius 1 is 1.05 bits per heavy atom. The molecule has 5 nitrogen and oxygen atoms in total. The zero-order valence-electron chi connectivity index (χ0n) is 13.0. The number of ether oxygens (including phenoxy) is 3. The molecule has 1 saturated carbocycles. The highest BCUT2D eigenvalue weighted by Crippen LogP contribution is 2.47. The third-order valence-corrected chi connectivity index (χ3v) is 4.44. The molecule has 0 radical (unpaired) electrons. The smallest absolute Gasteiger partial charge is 0.341 e. The Labute approximate surface area is 124 Å². The zero-order valence-corrected chi connectivity index (χ0v) is 13.0. The molecule has 0 aromatic rings. The van der Waals surface area contributed by atoms with E-state index < -0.39 is 17.5 Å². The lowest BCUT2D eigenvalue weighted by atomic mass is 9.68. The SMILES string of the molecule is COC(=O)C1=COC2(CCC(C)(C)CC2)C(C(=O)OC)=C1. The predicted molar refractivity (Wildman–Crippen MR) is 76.3 cm³/mol.